The summed E-state index contributed by atoms with van der Waals surface area (Å²) in [7, 11) is 0. The number of aromatic hydroxyl groups is 1. The van der Waals surface area contributed by atoms with E-state index in [1.165, 1.54) is 0 Å². The van der Waals surface area contributed by atoms with Gasteiger partial charge in [-0.1, -0.05) is 18.2 Å². The van der Waals surface area contributed by atoms with E-state index < -0.39 is 5.79 Å². The molecule has 1 saturated heterocycles. The number of hydrogen-bond donors (Lipinski definition) is 2. The van der Waals surface area contributed by atoms with E-state index in [1.54, 1.807) is 24.3 Å². The van der Waals surface area contributed by atoms with Crippen LogP contribution in [0.4, 0.5) is 0 Å². The first kappa shape index (κ1) is 15.8. The molecule has 3 rings (SSSR count). The van der Waals surface area contributed by atoms with Crippen LogP contribution in [0.5, 0.6) is 5.75 Å². The van der Waals surface area contributed by atoms with Gasteiger partial charge >= 0.3 is 0 Å². The molecule has 1 aromatic carbocycles. The molecule has 1 fully saturated rings. The van der Waals surface area contributed by atoms with Crippen LogP contribution < -0.4 is 0 Å². The molecule has 1 aliphatic heterocycles. The van der Waals surface area contributed by atoms with Crippen molar-refractivity contribution < 1.29 is 19.7 Å². The fraction of sp³-hybridized carbons (Fsp3) is 0.368. The molecule has 4 nitrogen and oxygen atoms in total. The number of hydrogen-bond acceptors (Lipinski definition) is 4. The van der Waals surface area contributed by atoms with Crippen molar-refractivity contribution in [1.82, 2.24) is 0 Å². The van der Waals surface area contributed by atoms with E-state index >= 15 is 0 Å². The van der Waals surface area contributed by atoms with Gasteiger partial charge in [0, 0.05) is 0 Å². The van der Waals surface area contributed by atoms with Gasteiger partial charge in [-0.05, 0) is 56.0 Å². The Balaban J connectivity index is 2.18. The van der Waals surface area contributed by atoms with Gasteiger partial charge in [0.2, 0.25) is 5.79 Å². The topological polar surface area (TPSA) is 58.9 Å². The van der Waals surface area contributed by atoms with Crippen molar-refractivity contribution in [3.8, 4) is 5.75 Å². The van der Waals surface area contributed by atoms with Crippen LogP contribution in [0, 0.1) is 6.92 Å². The summed E-state index contributed by atoms with van der Waals surface area (Å²) in [5, 5.41) is 21.0. The molecule has 0 amide bonds. The Bertz CT molecular complexity index is 662. The molecule has 122 valence electrons. The zero-order chi connectivity index (χ0) is 16.3. The molecule has 2 aliphatic rings. The number of phenolic OH excluding ortho intramolecular Hbond substituents is 1. The first-order valence-corrected chi connectivity index (χ1v) is 7.98. The highest BCUT2D eigenvalue weighted by atomic mass is 16.7. The Hall–Kier alpha value is -2.04. The first-order chi connectivity index (χ1) is 11.1. The molecule has 1 aliphatic carbocycles. The van der Waals surface area contributed by atoms with Gasteiger partial charge in [-0.2, -0.15) is 0 Å². The molecule has 0 radical (unpaired) electrons. The van der Waals surface area contributed by atoms with E-state index in [0.717, 1.165) is 18.4 Å². The van der Waals surface area contributed by atoms with E-state index in [9.17, 15) is 10.2 Å². The van der Waals surface area contributed by atoms with Crippen molar-refractivity contribution in [2.45, 2.75) is 32.0 Å². The highest BCUT2D eigenvalue weighted by Crippen LogP contribution is 2.44. The van der Waals surface area contributed by atoms with Gasteiger partial charge in [0.25, 0.3) is 0 Å². The summed E-state index contributed by atoms with van der Waals surface area (Å²) >= 11 is 0. The Morgan fingerprint density at radius 1 is 1.09 bits per heavy atom. The average molecular weight is 314 g/mol. The summed E-state index contributed by atoms with van der Waals surface area (Å²) in [6.45, 7) is 2.92. The molecule has 0 saturated carbocycles. The van der Waals surface area contributed by atoms with E-state index in [1.807, 2.05) is 25.1 Å². The first-order valence-electron chi connectivity index (χ1n) is 7.98. The van der Waals surface area contributed by atoms with Gasteiger partial charge in [0.15, 0.2) is 0 Å². The minimum Gasteiger partial charge on any atom is -0.508 e. The average Bonchev–Trinajstić information content (AvgIpc) is 2.88. The Labute approximate surface area is 136 Å². The second-order valence-corrected chi connectivity index (χ2v) is 5.87. The third kappa shape index (κ3) is 3.05. The van der Waals surface area contributed by atoms with Crippen LogP contribution in [0.3, 0.4) is 0 Å². The molecule has 2 N–H and O–H groups in total. The van der Waals surface area contributed by atoms with Gasteiger partial charge in [-0.25, -0.2) is 0 Å². The van der Waals surface area contributed by atoms with Gasteiger partial charge in [0.05, 0.1) is 24.4 Å². The fourth-order valence-electron chi connectivity index (χ4n) is 2.95. The largest absolute Gasteiger partial charge is 0.508 e. The third-order valence-electron chi connectivity index (χ3n) is 4.13. The SMILES string of the molecule is Cc1ccc(C2(C3=CC=CCC=C3O)OCCCCO2)c(O)c1. The molecule has 0 unspecified atom stereocenters. The van der Waals surface area contributed by atoms with Crippen molar-refractivity contribution in [2.24, 2.45) is 0 Å². The van der Waals surface area contributed by atoms with Crippen molar-refractivity contribution in [2.75, 3.05) is 13.2 Å². The normalized spacial score (nSPS) is 21.1. The van der Waals surface area contributed by atoms with Crippen LogP contribution in [0.15, 0.2) is 53.8 Å². The Kier molecular flexibility index (Phi) is 4.55. The van der Waals surface area contributed by atoms with E-state index in [4.69, 9.17) is 9.47 Å². The lowest BCUT2D eigenvalue weighted by Gasteiger charge is -2.35. The van der Waals surface area contributed by atoms with Crippen LogP contribution in [0.25, 0.3) is 0 Å². The molecule has 1 heterocycles. The molecule has 4 heteroatoms. The predicted octanol–water partition coefficient (Wildman–Crippen LogP) is 4.01. The summed E-state index contributed by atoms with van der Waals surface area (Å²) in [4.78, 5) is 0. The van der Waals surface area contributed by atoms with Gasteiger partial charge < -0.3 is 19.7 Å². The molecular formula is C19H22O4. The fourth-order valence-corrected chi connectivity index (χ4v) is 2.95. The number of aryl methyl sites for hydroxylation is 1. The highest BCUT2D eigenvalue weighted by molar-refractivity contribution is 5.48. The molecule has 0 spiro atoms. The molecule has 1 aromatic rings. The van der Waals surface area contributed by atoms with Crippen molar-refractivity contribution in [3.63, 3.8) is 0 Å². The summed E-state index contributed by atoms with van der Waals surface area (Å²) in [6.07, 6.45) is 9.73. The molecule has 0 aromatic heterocycles. The van der Waals surface area contributed by atoms with Crippen molar-refractivity contribution in [1.29, 1.82) is 0 Å². The second-order valence-electron chi connectivity index (χ2n) is 5.87. The van der Waals surface area contributed by atoms with E-state index in [2.05, 4.69) is 0 Å². The summed E-state index contributed by atoms with van der Waals surface area (Å²) in [5.41, 5.74) is 1.99. The third-order valence-corrected chi connectivity index (χ3v) is 4.13. The maximum absolute atomic E-state index is 10.5. The summed E-state index contributed by atoms with van der Waals surface area (Å²) < 4.78 is 12.2. The van der Waals surface area contributed by atoms with E-state index in [-0.39, 0.29) is 11.5 Å². The molecule has 0 bridgehead atoms. The number of aliphatic hydroxyl groups excluding tert-OH is 1. The van der Waals surface area contributed by atoms with Crippen molar-refractivity contribution in [3.05, 3.63) is 65.0 Å². The zero-order valence-corrected chi connectivity index (χ0v) is 13.3. The quantitative estimate of drug-likeness (QED) is 0.866. The van der Waals surface area contributed by atoms with Crippen LogP contribution in [-0.2, 0) is 15.3 Å². The summed E-state index contributed by atoms with van der Waals surface area (Å²) in [6, 6.07) is 5.39. The smallest absolute Gasteiger partial charge is 0.229 e. The maximum atomic E-state index is 10.5. The van der Waals surface area contributed by atoms with Crippen LogP contribution in [0.2, 0.25) is 0 Å². The molecule has 0 atom stereocenters. The minimum absolute atomic E-state index is 0.105. The molecular weight excluding hydrogens is 292 g/mol. The number of ether oxygens (including phenoxy) is 2. The van der Waals surface area contributed by atoms with E-state index in [0.29, 0.717) is 30.8 Å². The Morgan fingerprint density at radius 2 is 1.83 bits per heavy atom. The monoisotopic (exact) mass is 314 g/mol. The van der Waals surface area contributed by atoms with Crippen LogP contribution >= 0.6 is 0 Å². The lowest BCUT2D eigenvalue weighted by Crippen LogP contribution is -2.36. The number of benzene rings is 1. The van der Waals surface area contributed by atoms with Gasteiger partial charge in [-0.3, -0.25) is 0 Å². The minimum atomic E-state index is -1.29. The standard InChI is InChI=1S/C19H22O4/c1-14-9-10-16(18(21)13-14)19(22-11-5-6-12-23-19)15-7-3-2-4-8-17(15)20/h2-3,7-10,13,20-21H,4-6,11-12H2,1H3. The predicted molar refractivity (Wildman–Crippen MR) is 88.2 cm³/mol. The number of phenols is 1. The summed E-state index contributed by atoms with van der Waals surface area (Å²) in [5.74, 6) is -1.06. The van der Waals surface area contributed by atoms with Gasteiger partial charge in [-0.15, -0.1) is 0 Å². The Morgan fingerprint density at radius 3 is 2.52 bits per heavy atom. The number of rotatable bonds is 2. The molecule has 23 heavy (non-hydrogen) atoms. The highest BCUT2D eigenvalue weighted by Gasteiger charge is 2.43. The maximum Gasteiger partial charge on any atom is 0.229 e. The van der Waals surface area contributed by atoms with Crippen molar-refractivity contribution >= 4 is 0 Å². The lowest BCUT2D eigenvalue weighted by molar-refractivity contribution is -0.208. The number of allylic oxidation sites excluding steroid dienone is 4. The number of aliphatic hydroxyl groups is 1. The van der Waals surface area contributed by atoms with Gasteiger partial charge in [0.1, 0.15) is 11.5 Å². The van der Waals surface area contributed by atoms with Crippen LogP contribution in [-0.4, -0.2) is 23.4 Å². The van der Waals surface area contributed by atoms with Crippen LogP contribution in [0.1, 0.15) is 30.4 Å². The lowest BCUT2D eigenvalue weighted by atomic mass is 9.93. The zero-order valence-electron chi connectivity index (χ0n) is 13.3. The second kappa shape index (κ2) is 6.60.